The van der Waals surface area contributed by atoms with Crippen LogP contribution in [-0.2, 0) is 19.7 Å². The van der Waals surface area contributed by atoms with Crippen molar-refractivity contribution in [2.75, 3.05) is 0 Å². The lowest BCUT2D eigenvalue weighted by molar-refractivity contribution is 0.275. The summed E-state index contributed by atoms with van der Waals surface area (Å²) in [4.78, 5) is 4.04. The summed E-state index contributed by atoms with van der Waals surface area (Å²) in [6.45, 7) is 1.05. The first kappa shape index (κ1) is 16.3. The fourth-order valence-electron chi connectivity index (χ4n) is 2.62. The van der Waals surface area contributed by atoms with E-state index in [1.165, 1.54) is 11.6 Å². The molecule has 1 heterocycles. The number of nitrogens with one attached hydrogen (secondary N) is 1. The minimum Gasteiger partial charge on any atom is -0.392 e. The van der Waals surface area contributed by atoms with E-state index in [0.717, 1.165) is 16.7 Å². The van der Waals surface area contributed by atoms with Gasteiger partial charge in [-0.25, -0.2) is 4.39 Å². The Bertz CT molecular complexity index is 806. The van der Waals surface area contributed by atoms with Crippen LogP contribution in [0.25, 0.3) is 11.1 Å². The molecule has 0 aliphatic rings. The van der Waals surface area contributed by atoms with Crippen molar-refractivity contribution < 1.29 is 9.50 Å². The molecule has 2 aromatic carbocycles. The molecule has 122 valence electrons. The van der Waals surface area contributed by atoms with Crippen molar-refractivity contribution in [3.8, 4) is 11.1 Å². The zero-order chi connectivity index (χ0) is 16.8. The summed E-state index contributed by atoms with van der Waals surface area (Å²) >= 11 is 0. The highest BCUT2D eigenvalue weighted by molar-refractivity contribution is 5.63. The molecule has 1 aromatic heterocycles. The first-order valence-corrected chi connectivity index (χ1v) is 7.84. The van der Waals surface area contributed by atoms with Crippen LogP contribution in [0.15, 0.2) is 67.0 Å². The molecule has 0 saturated carbocycles. The molecule has 0 aliphatic carbocycles. The lowest BCUT2D eigenvalue weighted by Gasteiger charge is -2.09. The topological polar surface area (TPSA) is 45.1 Å². The van der Waals surface area contributed by atoms with Crippen molar-refractivity contribution in [1.82, 2.24) is 10.3 Å². The van der Waals surface area contributed by atoms with Crippen LogP contribution in [0.3, 0.4) is 0 Å². The number of hydrogen-bond acceptors (Lipinski definition) is 3. The highest BCUT2D eigenvalue weighted by Crippen LogP contribution is 2.19. The molecule has 0 aliphatic heterocycles. The van der Waals surface area contributed by atoms with E-state index in [2.05, 4.69) is 28.5 Å². The van der Waals surface area contributed by atoms with Crippen LogP contribution in [-0.4, -0.2) is 10.1 Å². The first-order valence-electron chi connectivity index (χ1n) is 7.84. The van der Waals surface area contributed by atoms with Crippen LogP contribution in [0.1, 0.15) is 16.7 Å². The van der Waals surface area contributed by atoms with Crippen molar-refractivity contribution in [3.63, 3.8) is 0 Å². The number of nitrogens with zero attached hydrogens (tertiary/aromatic N) is 1. The summed E-state index contributed by atoms with van der Waals surface area (Å²) < 4.78 is 13.4. The number of aliphatic hydroxyl groups is 1. The number of rotatable bonds is 6. The number of aromatic nitrogens is 1. The maximum absolute atomic E-state index is 13.4. The quantitative estimate of drug-likeness (QED) is 0.728. The summed E-state index contributed by atoms with van der Waals surface area (Å²) in [6, 6.07) is 17.1. The predicted molar refractivity (Wildman–Crippen MR) is 92.5 cm³/mol. The van der Waals surface area contributed by atoms with Gasteiger partial charge in [0, 0.05) is 31.0 Å². The first-order chi connectivity index (χ1) is 11.8. The van der Waals surface area contributed by atoms with Crippen LogP contribution in [0.5, 0.6) is 0 Å². The largest absolute Gasteiger partial charge is 0.392 e. The lowest BCUT2D eigenvalue weighted by Crippen LogP contribution is -2.13. The molecule has 0 amide bonds. The van der Waals surface area contributed by atoms with E-state index in [1.54, 1.807) is 24.5 Å². The molecule has 0 spiro atoms. The van der Waals surface area contributed by atoms with E-state index >= 15 is 0 Å². The molecular formula is C20H19FN2O. The van der Waals surface area contributed by atoms with Crippen molar-refractivity contribution in [2.24, 2.45) is 0 Å². The minimum absolute atomic E-state index is 0.284. The molecule has 3 aromatic rings. The minimum atomic E-state index is -0.369. The van der Waals surface area contributed by atoms with E-state index in [9.17, 15) is 4.39 Å². The second-order valence-corrected chi connectivity index (χ2v) is 5.62. The molecule has 3 nitrogen and oxygen atoms in total. The van der Waals surface area contributed by atoms with Crippen LogP contribution < -0.4 is 5.32 Å². The van der Waals surface area contributed by atoms with Gasteiger partial charge in [0.05, 0.1) is 6.61 Å². The van der Waals surface area contributed by atoms with Gasteiger partial charge < -0.3 is 10.4 Å². The zero-order valence-corrected chi connectivity index (χ0v) is 13.2. The van der Waals surface area contributed by atoms with Gasteiger partial charge in [0.1, 0.15) is 5.82 Å². The highest BCUT2D eigenvalue weighted by Gasteiger charge is 2.03. The van der Waals surface area contributed by atoms with E-state index in [1.807, 2.05) is 18.2 Å². The number of benzene rings is 2. The van der Waals surface area contributed by atoms with Crippen LogP contribution in [0.4, 0.5) is 4.39 Å². The third-order valence-electron chi connectivity index (χ3n) is 3.88. The molecule has 3 rings (SSSR count). The van der Waals surface area contributed by atoms with E-state index in [-0.39, 0.29) is 12.4 Å². The van der Waals surface area contributed by atoms with Crippen LogP contribution in [0, 0.1) is 5.82 Å². The van der Waals surface area contributed by atoms with Crippen LogP contribution in [0.2, 0.25) is 0 Å². The van der Waals surface area contributed by atoms with Gasteiger partial charge in [0.2, 0.25) is 0 Å². The molecule has 4 heteroatoms. The Morgan fingerprint density at radius 3 is 2.38 bits per heavy atom. The monoisotopic (exact) mass is 322 g/mol. The van der Waals surface area contributed by atoms with Crippen LogP contribution >= 0.6 is 0 Å². The molecule has 0 unspecified atom stereocenters. The summed E-state index contributed by atoms with van der Waals surface area (Å²) in [5.41, 5.74) is 4.74. The predicted octanol–water partition coefficient (Wildman–Crippen LogP) is 3.67. The van der Waals surface area contributed by atoms with Gasteiger partial charge in [-0.15, -0.1) is 0 Å². The molecule has 0 radical (unpaired) electrons. The fourth-order valence-corrected chi connectivity index (χ4v) is 2.62. The molecule has 24 heavy (non-hydrogen) atoms. The SMILES string of the molecule is OCc1cc(CNCc2cccc(-c3ccncc3)c2)ccc1F. The Labute approximate surface area is 140 Å². The standard InChI is InChI=1S/C20H19FN2O/c21-20-5-4-16(11-19(20)14-24)13-23-12-15-2-1-3-18(10-15)17-6-8-22-9-7-17/h1-11,23-24H,12-14H2. The Hall–Kier alpha value is -2.56. The molecule has 0 fully saturated rings. The number of hydrogen-bond donors (Lipinski definition) is 2. The molecule has 0 bridgehead atoms. The van der Waals surface area contributed by atoms with E-state index in [0.29, 0.717) is 18.7 Å². The van der Waals surface area contributed by atoms with Gasteiger partial charge in [0.25, 0.3) is 0 Å². The zero-order valence-electron chi connectivity index (χ0n) is 13.2. The average Bonchev–Trinajstić information content (AvgIpc) is 2.64. The lowest BCUT2D eigenvalue weighted by atomic mass is 10.0. The Kier molecular flexibility index (Phi) is 5.31. The van der Waals surface area contributed by atoms with Gasteiger partial charge in [-0.1, -0.05) is 24.3 Å². The third-order valence-corrected chi connectivity index (χ3v) is 3.88. The summed E-state index contributed by atoms with van der Waals surface area (Å²) in [6.07, 6.45) is 3.57. The van der Waals surface area contributed by atoms with Crippen molar-refractivity contribution >= 4 is 0 Å². The summed E-state index contributed by atoms with van der Waals surface area (Å²) in [5.74, 6) is -0.369. The molecule has 0 atom stereocenters. The van der Waals surface area contributed by atoms with Gasteiger partial charge in [0.15, 0.2) is 0 Å². The maximum atomic E-state index is 13.4. The van der Waals surface area contributed by atoms with Gasteiger partial charge in [-0.2, -0.15) is 0 Å². The number of halogens is 1. The Morgan fingerprint density at radius 2 is 1.62 bits per heavy atom. The molecule has 0 saturated heterocycles. The second kappa shape index (κ2) is 7.81. The van der Waals surface area contributed by atoms with Gasteiger partial charge in [-0.3, -0.25) is 4.98 Å². The normalized spacial score (nSPS) is 10.8. The molecular weight excluding hydrogens is 303 g/mol. The summed E-state index contributed by atoms with van der Waals surface area (Å²) in [5, 5.41) is 12.5. The summed E-state index contributed by atoms with van der Waals surface area (Å²) in [7, 11) is 0. The average molecular weight is 322 g/mol. The second-order valence-electron chi connectivity index (χ2n) is 5.62. The van der Waals surface area contributed by atoms with Crippen molar-refractivity contribution in [3.05, 3.63) is 89.5 Å². The van der Waals surface area contributed by atoms with E-state index in [4.69, 9.17) is 5.11 Å². The van der Waals surface area contributed by atoms with Gasteiger partial charge in [-0.05, 0) is 52.6 Å². The maximum Gasteiger partial charge on any atom is 0.128 e. The molecule has 2 N–H and O–H groups in total. The van der Waals surface area contributed by atoms with Crippen molar-refractivity contribution in [2.45, 2.75) is 19.7 Å². The smallest absolute Gasteiger partial charge is 0.128 e. The number of pyridine rings is 1. The fraction of sp³-hybridized carbons (Fsp3) is 0.150. The van der Waals surface area contributed by atoms with Crippen molar-refractivity contribution in [1.29, 1.82) is 0 Å². The third kappa shape index (κ3) is 4.04. The highest BCUT2D eigenvalue weighted by atomic mass is 19.1. The Balaban J connectivity index is 1.63. The number of aliphatic hydroxyl groups excluding tert-OH is 1. The Morgan fingerprint density at radius 1 is 0.875 bits per heavy atom. The van der Waals surface area contributed by atoms with Gasteiger partial charge >= 0.3 is 0 Å². The van der Waals surface area contributed by atoms with E-state index < -0.39 is 0 Å².